The van der Waals surface area contributed by atoms with Crippen LogP contribution in [-0.2, 0) is 6.54 Å². The number of nitrogens with one attached hydrogen (secondary N) is 1. The molecule has 0 fully saturated rings. The molecule has 0 amide bonds. The quantitative estimate of drug-likeness (QED) is 0.787. The highest BCUT2D eigenvalue weighted by molar-refractivity contribution is 7.15. The predicted molar refractivity (Wildman–Crippen MR) is 86.9 cm³/mol. The van der Waals surface area contributed by atoms with Crippen molar-refractivity contribution in [2.75, 3.05) is 26.1 Å². The van der Waals surface area contributed by atoms with Crippen molar-refractivity contribution in [3.63, 3.8) is 0 Å². The minimum atomic E-state index is 0.757. The molecule has 0 radical (unpaired) electrons. The van der Waals surface area contributed by atoms with Crippen LogP contribution >= 0.6 is 11.3 Å². The molecule has 2 aromatic heterocycles. The first-order valence-corrected chi connectivity index (χ1v) is 7.60. The van der Waals surface area contributed by atoms with E-state index >= 15 is 0 Å². The molecule has 0 aliphatic heterocycles. The number of rotatable bonds is 5. The Hall–Kier alpha value is -2.05. The van der Waals surface area contributed by atoms with Crippen LogP contribution < -0.4 is 15.0 Å². The Balaban J connectivity index is 2.10. The van der Waals surface area contributed by atoms with E-state index in [0.717, 1.165) is 34.5 Å². The molecule has 1 aromatic carbocycles. The number of methoxy groups -OCH3 is 1. The molecule has 0 saturated heterocycles. The van der Waals surface area contributed by atoms with E-state index in [1.807, 2.05) is 43.7 Å². The van der Waals surface area contributed by atoms with Crippen LogP contribution in [-0.4, -0.2) is 30.6 Å². The Morgan fingerprint density at radius 1 is 1.38 bits per heavy atom. The van der Waals surface area contributed by atoms with Gasteiger partial charge in [0.1, 0.15) is 5.75 Å². The second-order valence-corrected chi connectivity index (χ2v) is 5.57. The lowest BCUT2D eigenvalue weighted by Crippen LogP contribution is -2.16. The van der Waals surface area contributed by atoms with E-state index in [9.17, 15) is 0 Å². The highest BCUT2D eigenvalue weighted by Gasteiger charge is 2.19. The Morgan fingerprint density at radius 3 is 2.95 bits per heavy atom. The second-order valence-electron chi connectivity index (χ2n) is 4.70. The fourth-order valence-corrected chi connectivity index (χ4v) is 3.17. The molecule has 1 N–H and O–H groups in total. The Kier molecular flexibility index (Phi) is 3.81. The van der Waals surface area contributed by atoms with Gasteiger partial charge in [-0.2, -0.15) is 0 Å². The lowest BCUT2D eigenvalue weighted by atomic mass is 10.2. The first-order chi connectivity index (χ1) is 10.3. The summed E-state index contributed by atoms with van der Waals surface area (Å²) in [5.41, 5.74) is 2.14. The highest BCUT2D eigenvalue weighted by Crippen LogP contribution is 2.34. The summed E-state index contributed by atoms with van der Waals surface area (Å²) in [6.07, 6.45) is 2.05. The number of anilines is 2. The maximum atomic E-state index is 5.45. The number of benzene rings is 1. The standard InChI is InChI=1S/C15H18N4OS/c1-16-10-12-14(17-15-19(12)8-9-21-15)18(2)11-6-4-5-7-13(11)20-3/h4-9,16H,10H2,1-3H3. The fraction of sp³-hybridized carbons (Fsp3) is 0.267. The molecule has 3 aromatic rings. The summed E-state index contributed by atoms with van der Waals surface area (Å²) in [5.74, 6) is 1.78. The zero-order chi connectivity index (χ0) is 14.8. The minimum Gasteiger partial charge on any atom is -0.495 e. The van der Waals surface area contributed by atoms with Crippen LogP contribution in [0.1, 0.15) is 5.69 Å². The molecular formula is C15H18N4OS. The van der Waals surface area contributed by atoms with E-state index in [1.54, 1.807) is 18.4 Å². The zero-order valence-electron chi connectivity index (χ0n) is 12.3. The summed E-state index contributed by atoms with van der Waals surface area (Å²) in [7, 11) is 5.65. The molecule has 0 aliphatic carbocycles. The molecule has 110 valence electrons. The monoisotopic (exact) mass is 302 g/mol. The van der Waals surface area contributed by atoms with Gasteiger partial charge in [0.2, 0.25) is 0 Å². The molecule has 0 saturated carbocycles. The normalized spacial score (nSPS) is 11.0. The molecule has 5 nitrogen and oxygen atoms in total. The van der Waals surface area contributed by atoms with Crippen LogP contribution in [0.15, 0.2) is 35.8 Å². The topological polar surface area (TPSA) is 41.8 Å². The van der Waals surface area contributed by atoms with Crippen molar-refractivity contribution in [2.24, 2.45) is 0 Å². The summed E-state index contributed by atoms with van der Waals surface area (Å²) in [5, 5.41) is 5.26. The van der Waals surface area contributed by atoms with Gasteiger partial charge in [0.05, 0.1) is 18.5 Å². The smallest absolute Gasteiger partial charge is 0.195 e. The molecule has 6 heteroatoms. The number of ether oxygens (including phenoxy) is 1. The van der Waals surface area contributed by atoms with Crippen molar-refractivity contribution in [2.45, 2.75) is 6.54 Å². The Morgan fingerprint density at radius 2 is 2.19 bits per heavy atom. The van der Waals surface area contributed by atoms with E-state index in [0.29, 0.717) is 0 Å². The van der Waals surface area contributed by atoms with Crippen molar-refractivity contribution in [3.8, 4) is 5.75 Å². The molecule has 3 rings (SSSR count). The van der Waals surface area contributed by atoms with Crippen molar-refractivity contribution >= 4 is 27.8 Å². The molecule has 0 atom stereocenters. The molecule has 2 heterocycles. The maximum Gasteiger partial charge on any atom is 0.195 e. The fourth-order valence-electron chi connectivity index (χ4n) is 2.44. The van der Waals surface area contributed by atoms with Gasteiger partial charge < -0.3 is 15.0 Å². The van der Waals surface area contributed by atoms with Gasteiger partial charge in [0.15, 0.2) is 10.8 Å². The summed E-state index contributed by atoms with van der Waals surface area (Å²) in [4.78, 5) is 7.83. The largest absolute Gasteiger partial charge is 0.495 e. The van der Waals surface area contributed by atoms with Crippen molar-refractivity contribution in [3.05, 3.63) is 41.5 Å². The third kappa shape index (κ3) is 2.36. The predicted octanol–water partition coefficient (Wildman–Crippen LogP) is 2.89. The number of thiazole rings is 1. The number of aromatic nitrogens is 2. The number of fused-ring (bicyclic) bond motifs is 1. The third-order valence-corrected chi connectivity index (χ3v) is 4.20. The first-order valence-electron chi connectivity index (χ1n) is 6.72. The number of para-hydroxylation sites is 2. The number of nitrogens with zero attached hydrogens (tertiary/aromatic N) is 3. The zero-order valence-corrected chi connectivity index (χ0v) is 13.1. The summed E-state index contributed by atoms with van der Waals surface area (Å²) < 4.78 is 7.58. The van der Waals surface area contributed by atoms with E-state index < -0.39 is 0 Å². The van der Waals surface area contributed by atoms with E-state index in [1.165, 1.54) is 0 Å². The average molecular weight is 302 g/mol. The third-order valence-electron chi connectivity index (χ3n) is 3.45. The lowest BCUT2D eigenvalue weighted by molar-refractivity contribution is 0.415. The van der Waals surface area contributed by atoms with Gasteiger partial charge >= 0.3 is 0 Å². The van der Waals surface area contributed by atoms with Crippen LogP contribution in [0, 0.1) is 0 Å². The molecular weight excluding hydrogens is 284 g/mol. The SMILES string of the molecule is CNCc1c(N(C)c2ccccc2OC)nc2sccn12. The van der Waals surface area contributed by atoms with Crippen molar-refractivity contribution in [1.82, 2.24) is 14.7 Å². The van der Waals surface area contributed by atoms with Crippen LogP contribution in [0.25, 0.3) is 4.96 Å². The van der Waals surface area contributed by atoms with Crippen LogP contribution in [0.5, 0.6) is 5.75 Å². The van der Waals surface area contributed by atoms with Gasteiger partial charge in [0, 0.05) is 25.2 Å². The Bertz CT molecular complexity index is 749. The van der Waals surface area contributed by atoms with Crippen LogP contribution in [0.3, 0.4) is 0 Å². The highest BCUT2D eigenvalue weighted by atomic mass is 32.1. The van der Waals surface area contributed by atoms with Crippen LogP contribution in [0.2, 0.25) is 0 Å². The average Bonchev–Trinajstić information content (AvgIpc) is 3.09. The molecule has 21 heavy (non-hydrogen) atoms. The van der Waals surface area contributed by atoms with E-state index in [4.69, 9.17) is 9.72 Å². The van der Waals surface area contributed by atoms with Gasteiger partial charge in [-0.15, -0.1) is 11.3 Å². The number of imidazole rings is 1. The summed E-state index contributed by atoms with van der Waals surface area (Å²) in [6.45, 7) is 0.757. The molecule has 0 spiro atoms. The lowest BCUT2D eigenvalue weighted by Gasteiger charge is -2.21. The second kappa shape index (κ2) is 5.75. The van der Waals surface area contributed by atoms with E-state index in [-0.39, 0.29) is 0 Å². The number of hydrogen-bond acceptors (Lipinski definition) is 5. The number of hydrogen-bond donors (Lipinski definition) is 1. The Labute approximate surface area is 127 Å². The minimum absolute atomic E-state index is 0.757. The summed E-state index contributed by atoms with van der Waals surface area (Å²) >= 11 is 1.64. The van der Waals surface area contributed by atoms with Gasteiger partial charge in [-0.1, -0.05) is 12.1 Å². The van der Waals surface area contributed by atoms with E-state index in [2.05, 4.69) is 20.8 Å². The molecule has 0 unspecified atom stereocenters. The van der Waals surface area contributed by atoms with Crippen molar-refractivity contribution < 1.29 is 4.74 Å². The molecule has 0 aliphatic rings. The van der Waals surface area contributed by atoms with Crippen LogP contribution in [0.4, 0.5) is 11.5 Å². The van der Waals surface area contributed by atoms with Gasteiger partial charge in [0.25, 0.3) is 0 Å². The maximum absolute atomic E-state index is 5.45. The first kappa shape index (κ1) is 13.9. The summed E-state index contributed by atoms with van der Waals surface area (Å²) in [6, 6.07) is 7.97. The van der Waals surface area contributed by atoms with Gasteiger partial charge in [-0.3, -0.25) is 4.40 Å². The van der Waals surface area contributed by atoms with Crippen molar-refractivity contribution in [1.29, 1.82) is 0 Å². The van der Waals surface area contributed by atoms with Gasteiger partial charge in [-0.25, -0.2) is 4.98 Å². The molecule has 0 bridgehead atoms. The van der Waals surface area contributed by atoms with Gasteiger partial charge in [-0.05, 0) is 19.2 Å².